The Morgan fingerprint density at radius 3 is 1.15 bits per heavy atom. The van der Waals surface area contributed by atoms with Crippen LogP contribution in [0.25, 0.3) is 0 Å². The largest absolute Gasteiger partial charge is 0.481 e. The quantitative estimate of drug-likeness (QED) is 0.452. The molecule has 0 saturated carbocycles. The van der Waals surface area contributed by atoms with E-state index in [-0.39, 0.29) is 29.9 Å². The zero-order valence-corrected chi connectivity index (χ0v) is 9.47. The number of aliphatic carboxylic acids is 2. The van der Waals surface area contributed by atoms with E-state index in [0.717, 1.165) is 0 Å². The van der Waals surface area contributed by atoms with Crippen LogP contribution in [0.1, 0.15) is 12.8 Å². The number of rotatable bonds is 4. The fraction of sp³-hybridized carbons (Fsp3) is 0.667. The molecule has 1 radical (unpaired) electrons. The van der Waals surface area contributed by atoms with Crippen LogP contribution in [-0.4, -0.2) is 33.7 Å². The average molecular weight is 276 g/mol. The Bertz CT molecular complexity index is 127. The fourth-order valence-electron chi connectivity index (χ4n) is 0.191. The van der Waals surface area contributed by atoms with Gasteiger partial charge >= 0.3 is 11.9 Å². The van der Waals surface area contributed by atoms with Gasteiger partial charge in [-0.3, -0.25) is 9.59 Å². The molecule has 0 aromatic heterocycles. The maximum Gasteiger partial charge on any atom is 0.304 e. The molecule has 0 amide bonds. The van der Waals surface area contributed by atoms with E-state index in [2.05, 4.69) is 25.3 Å². The molecular weight excluding hydrogens is 264 g/mol. The maximum atomic E-state index is 9.55. The zero-order valence-electron chi connectivity index (χ0n) is 6.74. The van der Waals surface area contributed by atoms with Gasteiger partial charge < -0.3 is 10.2 Å². The topological polar surface area (TPSA) is 74.6 Å². The molecule has 0 atom stereocenters. The Morgan fingerprint density at radius 2 is 1.15 bits per heavy atom. The van der Waals surface area contributed by atoms with Gasteiger partial charge in [0, 0.05) is 28.6 Å². The molecular formula is C6H12CuO4S2. The van der Waals surface area contributed by atoms with E-state index in [0.29, 0.717) is 11.5 Å². The van der Waals surface area contributed by atoms with Gasteiger partial charge in [-0.25, -0.2) is 0 Å². The van der Waals surface area contributed by atoms with Gasteiger partial charge in [-0.1, -0.05) is 0 Å². The molecule has 0 unspecified atom stereocenters. The molecule has 0 aliphatic heterocycles. The SMILES string of the molecule is O=C(O)CCS.O=C(O)CCS.[Cu]. The van der Waals surface area contributed by atoms with Gasteiger partial charge in [0.05, 0.1) is 12.8 Å². The first-order chi connectivity index (χ1) is 5.54. The monoisotopic (exact) mass is 275 g/mol. The summed E-state index contributed by atoms with van der Waals surface area (Å²) in [5.74, 6) is -0.722. The van der Waals surface area contributed by atoms with E-state index in [9.17, 15) is 9.59 Å². The molecule has 13 heavy (non-hydrogen) atoms. The molecule has 0 spiro atoms. The minimum atomic E-state index is -0.787. The molecule has 0 aliphatic rings. The molecule has 0 aromatic rings. The second-order valence-corrected chi connectivity index (χ2v) is 2.63. The second-order valence-electron chi connectivity index (χ2n) is 1.73. The van der Waals surface area contributed by atoms with E-state index in [1.807, 2.05) is 0 Å². The molecule has 83 valence electrons. The van der Waals surface area contributed by atoms with Gasteiger partial charge in [0.15, 0.2) is 0 Å². The summed E-state index contributed by atoms with van der Waals surface area (Å²) in [4.78, 5) is 19.1. The molecule has 0 aromatic carbocycles. The van der Waals surface area contributed by atoms with Crippen LogP contribution in [0.4, 0.5) is 0 Å². The average Bonchev–Trinajstić information content (AvgIpc) is 1.87. The summed E-state index contributed by atoms with van der Waals surface area (Å²) in [5.41, 5.74) is 0. The van der Waals surface area contributed by atoms with Crippen LogP contribution >= 0.6 is 25.3 Å². The van der Waals surface area contributed by atoms with Crippen LogP contribution in [0.5, 0.6) is 0 Å². The van der Waals surface area contributed by atoms with Gasteiger partial charge in [0.2, 0.25) is 0 Å². The Balaban J connectivity index is -0.000000143. The van der Waals surface area contributed by atoms with Crippen LogP contribution in [0.3, 0.4) is 0 Å². The van der Waals surface area contributed by atoms with Crippen molar-refractivity contribution in [3.05, 3.63) is 0 Å². The number of thiol groups is 2. The standard InChI is InChI=1S/2C3H6O2S.Cu/c2*4-3(5)1-2-6;/h2*6H,1-2H2,(H,4,5);. The number of hydrogen-bond acceptors (Lipinski definition) is 4. The van der Waals surface area contributed by atoms with Crippen molar-refractivity contribution in [2.45, 2.75) is 12.8 Å². The summed E-state index contributed by atoms with van der Waals surface area (Å²) in [6.07, 6.45) is 0.312. The summed E-state index contributed by atoms with van der Waals surface area (Å²) >= 11 is 7.36. The van der Waals surface area contributed by atoms with Crippen molar-refractivity contribution >= 4 is 37.2 Å². The smallest absolute Gasteiger partial charge is 0.304 e. The van der Waals surface area contributed by atoms with Crippen molar-refractivity contribution in [3.8, 4) is 0 Å². The van der Waals surface area contributed by atoms with E-state index in [4.69, 9.17) is 10.2 Å². The summed E-state index contributed by atoms with van der Waals surface area (Å²) in [6, 6.07) is 0. The predicted octanol–water partition coefficient (Wildman–Crippen LogP) is 0.779. The van der Waals surface area contributed by atoms with Crippen LogP contribution in [0.2, 0.25) is 0 Å². The van der Waals surface area contributed by atoms with E-state index in [1.165, 1.54) is 0 Å². The summed E-state index contributed by atoms with van der Waals surface area (Å²) in [6.45, 7) is 0. The number of carboxylic acids is 2. The van der Waals surface area contributed by atoms with Gasteiger partial charge in [0.25, 0.3) is 0 Å². The van der Waals surface area contributed by atoms with E-state index >= 15 is 0 Å². The van der Waals surface area contributed by atoms with Crippen molar-refractivity contribution in [1.29, 1.82) is 0 Å². The van der Waals surface area contributed by atoms with Crippen LogP contribution in [0.15, 0.2) is 0 Å². The Labute approximate surface area is 98.4 Å². The van der Waals surface area contributed by atoms with Gasteiger partial charge in [0.1, 0.15) is 0 Å². The van der Waals surface area contributed by atoms with Crippen molar-refractivity contribution in [1.82, 2.24) is 0 Å². The van der Waals surface area contributed by atoms with Crippen LogP contribution in [0, 0.1) is 0 Å². The van der Waals surface area contributed by atoms with Gasteiger partial charge in [-0.2, -0.15) is 25.3 Å². The molecule has 0 rings (SSSR count). The summed E-state index contributed by atoms with van der Waals surface area (Å²) < 4.78 is 0. The third-order valence-corrected chi connectivity index (χ3v) is 1.10. The Hall–Kier alpha value is 0.159. The Kier molecular flexibility index (Phi) is 21.3. The van der Waals surface area contributed by atoms with E-state index in [1.54, 1.807) is 0 Å². The molecule has 4 nitrogen and oxygen atoms in total. The molecule has 2 N–H and O–H groups in total. The third kappa shape index (κ3) is 33.1. The predicted molar refractivity (Wildman–Crippen MR) is 52.2 cm³/mol. The molecule has 0 aliphatic carbocycles. The fourth-order valence-corrected chi connectivity index (χ4v) is 0.574. The maximum absolute atomic E-state index is 9.55. The number of hydrogen-bond donors (Lipinski definition) is 4. The van der Waals surface area contributed by atoms with Crippen molar-refractivity contribution in [3.63, 3.8) is 0 Å². The van der Waals surface area contributed by atoms with E-state index < -0.39 is 11.9 Å². The van der Waals surface area contributed by atoms with Crippen molar-refractivity contribution in [2.75, 3.05) is 11.5 Å². The Morgan fingerprint density at radius 1 is 0.923 bits per heavy atom. The van der Waals surface area contributed by atoms with Crippen LogP contribution in [-0.2, 0) is 26.7 Å². The molecule has 7 heteroatoms. The molecule has 0 heterocycles. The third-order valence-electron chi connectivity index (χ3n) is 0.651. The van der Waals surface area contributed by atoms with Crippen molar-refractivity contribution in [2.24, 2.45) is 0 Å². The minimum Gasteiger partial charge on any atom is -0.481 e. The summed E-state index contributed by atoms with van der Waals surface area (Å²) in [5, 5.41) is 15.7. The molecule has 0 saturated heterocycles. The first-order valence-electron chi connectivity index (χ1n) is 3.20. The van der Waals surface area contributed by atoms with Crippen LogP contribution < -0.4 is 0 Å². The zero-order chi connectivity index (χ0) is 9.98. The first kappa shape index (κ1) is 18.9. The normalized spacial score (nSPS) is 7.54. The van der Waals surface area contributed by atoms with Crippen molar-refractivity contribution < 1.29 is 36.9 Å². The minimum absolute atomic E-state index is 0. The van der Waals surface area contributed by atoms with Gasteiger partial charge in [-0.05, 0) is 0 Å². The summed E-state index contributed by atoms with van der Waals surface area (Å²) in [7, 11) is 0. The number of carboxylic acid groups (broad SMARTS) is 2. The van der Waals surface area contributed by atoms with Gasteiger partial charge in [-0.15, -0.1) is 0 Å². The first-order valence-corrected chi connectivity index (χ1v) is 4.46. The number of carbonyl (C=O) groups is 2. The second kappa shape index (κ2) is 14.7. The molecule has 0 fully saturated rings. The molecule has 0 bridgehead atoms.